The molecule has 0 bridgehead atoms. The summed E-state index contributed by atoms with van der Waals surface area (Å²) in [5.74, 6) is 0.564. The van der Waals surface area contributed by atoms with Gasteiger partial charge in [-0.3, -0.25) is 4.79 Å². The summed E-state index contributed by atoms with van der Waals surface area (Å²) in [7, 11) is 0. The van der Waals surface area contributed by atoms with Crippen LogP contribution in [-0.4, -0.2) is 29.3 Å². The van der Waals surface area contributed by atoms with Crippen LogP contribution in [0.25, 0.3) is 0 Å². The van der Waals surface area contributed by atoms with Gasteiger partial charge in [-0.1, -0.05) is 11.6 Å². The van der Waals surface area contributed by atoms with Crippen molar-refractivity contribution in [3.8, 4) is 0 Å². The zero-order valence-corrected chi connectivity index (χ0v) is 13.8. The first-order valence-electron chi connectivity index (χ1n) is 6.37. The van der Waals surface area contributed by atoms with Gasteiger partial charge in [-0.15, -0.1) is 11.6 Å². The van der Waals surface area contributed by atoms with Gasteiger partial charge in [-0.2, -0.15) is 0 Å². The summed E-state index contributed by atoms with van der Waals surface area (Å²) >= 11 is 15.5. The Morgan fingerprint density at radius 2 is 2.05 bits per heavy atom. The Bertz CT molecular complexity index is 471. The van der Waals surface area contributed by atoms with E-state index in [4.69, 9.17) is 23.2 Å². The smallest absolute Gasteiger partial charge is 0.253 e. The van der Waals surface area contributed by atoms with Crippen molar-refractivity contribution in [1.29, 1.82) is 0 Å². The minimum atomic E-state index is 0.0510. The van der Waals surface area contributed by atoms with Crippen molar-refractivity contribution in [1.82, 2.24) is 4.90 Å². The van der Waals surface area contributed by atoms with Crippen LogP contribution in [0.15, 0.2) is 22.7 Å². The van der Waals surface area contributed by atoms with Crippen LogP contribution < -0.4 is 0 Å². The molecule has 1 heterocycles. The van der Waals surface area contributed by atoms with Crippen molar-refractivity contribution in [3.63, 3.8) is 0 Å². The Hall–Kier alpha value is -0.250. The highest BCUT2D eigenvalue weighted by Gasteiger charge is 2.26. The standard InChI is InChI=1S/C14H16BrCl2NO/c1-9(16)10-4-6-18(7-5-10)14(19)11-2-3-12(15)13(17)8-11/h2-3,8-10H,4-7H2,1H3. The van der Waals surface area contributed by atoms with Gasteiger partial charge >= 0.3 is 0 Å². The zero-order chi connectivity index (χ0) is 14.0. The molecule has 0 saturated carbocycles. The molecule has 1 atom stereocenters. The third kappa shape index (κ3) is 3.65. The molecule has 0 radical (unpaired) electrons. The van der Waals surface area contributed by atoms with Gasteiger partial charge < -0.3 is 4.90 Å². The summed E-state index contributed by atoms with van der Waals surface area (Å²) < 4.78 is 0.806. The number of nitrogens with zero attached hydrogens (tertiary/aromatic N) is 1. The van der Waals surface area contributed by atoms with Crippen molar-refractivity contribution in [3.05, 3.63) is 33.3 Å². The van der Waals surface area contributed by atoms with Gasteiger partial charge in [0.15, 0.2) is 0 Å². The largest absolute Gasteiger partial charge is 0.339 e. The fraction of sp³-hybridized carbons (Fsp3) is 0.500. The van der Waals surface area contributed by atoms with Crippen LogP contribution in [-0.2, 0) is 0 Å². The summed E-state index contributed by atoms with van der Waals surface area (Å²) in [6.45, 7) is 3.57. The molecule has 1 aromatic carbocycles. The van der Waals surface area contributed by atoms with Gasteiger partial charge in [0.05, 0.1) is 5.02 Å². The third-order valence-corrected chi connectivity index (χ3v) is 5.23. The number of piperidine rings is 1. The number of hydrogen-bond acceptors (Lipinski definition) is 1. The number of rotatable bonds is 2. The van der Waals surface area contributed by atoms with E-state index in [0.29, 0.717) is 16.5 Å². The predicted molar refractivity (Wildman–Crippen MR) is 83.1 cm³/mol. The second-order valence-corrected chi connectivity index (χ2v) is 6.89. The highest BCUT2D eigenvalue weighted by Crippen LogP contribution is 2.27. The van der Waals surface area contributed by atoms with Gasteiger partial charge in [0.1, 0.15) is 0 Å². The molecule has 1 fully saturated rings. The first-order valence-corrected chi connectivity index (χ1v) is 7.98. The predicted octanol–water partition coefficient (Wildman–Crippen LogP) is 4.58. The average molecular weight is 365 g/mol. The van der Waals surface area contributed by atoms with Crippen molar-refractivity contribution in [2.45, 2.75) is 25.1 Å². The Kier molecular flexibility index (Phi) is 5.15. The molecular formula is C14H16BrCl2NO. The molecule has 0 aromatic heterocycles. The number of hydrogen-bond donors (Lipinski definition) is 0. The van der Waals surface area contributed by atoms with E-state index in [1.54, 1.807) is 12.1 Å². The molecule has 1 unspecified atom stereocenters. The van der Waals surface area contributed by atoms with Crippen molar-refractivity contribution in [2.75, 3.05) is 13.1 Å². The summed E-state index contributed by atoms with van der Waals surface area (Å²) in [4.78, 5) is 14.2. The Morgan fingerprint density at radius 3 is 2.58 bits per heavy atom. The molecule has 104 valence electrons. The molecule has 0 aliphatic carbocycles. The second-order valence-electron chi connectivity index (χ2n) is 4.94. The van der Waals surface area contributed by atoms with Gasteiger partial charge in [-0.25, -0.2) is 0 Å². The van der Waals surface area contributed by atoms with E-state index in [0.717, 1.165) is 30.4 Å². The first-order chi connectivity index (χ1) is 8.99. The van der Waals surface area contributed by atoms with Gasteiger partial charge in [0, 0.05) is 28.5 Å². The third-order valence-electron chi connectivity index (χ3n) is 3.64. The number of amides is 1. The fourth-order valence-corrected chi connectivity index (χ4v) is 3.05. The number of benzene rings is 1. The summed E-state index contributed by atoms with van der Waals surface area (Å²) in [5, 5.41) is 0.745. The van der Waals surface area contributed by atoms with Gasteiger partial charge in [0.2, 0.25) is 0 Å². The number of carbonyl (C=O) groups excluding carboxylic acids is 1. The van der Waals surface area contributed by atoms with Gasteiger partial charge in [0.25, 0.3) is 5.91 Å². The maximum Gasteiger partial charge on any atom is 0.253 e. The van der Waals surface area contributed by atoms with E-state index in [9.17, 15) is 4.79 Å². The minimum absolute atomic E-state index is 0.0510. The molecule has 0 N–H and O–H groups in total. The van der Waals surface area contributed by atoms with Crippen molar-refractivity contribution in [2.24, 2.45) is 5.92 Å². The van der Waals surface area contributed by atoms with Crippen LogP contribution in [0.4, 0.5) is 0 Å². The van der Waals surface area contributed by atoms with E-state index >= 15 is 0 Å². The molecule has 2 nitrogen and oxygen atoms in total. The van der Waals surface area contributed by atoms with E-state index in [-0.39, 0.29) is 11.3 Å². The second kappa shape index (κ2) is 6.47. The highest BCUT2D eigenvalue weighted by molar-refractivity contribution is 9.10. The van der Waals surface area contributed by atoms with Crippen LogP contribution in [0.3, 0.4) is 0 Å². The summed E-state index contributed by atoms with van der Waals surface area (Å²) in [6, 6.07) is 5.32. The molecule has 1 aliphatic heterocycles. The van der Waals surface area contributed by atoms with Crippen LogP contribution in [0, 0.1) is 5.92 Å². The van der Waals surface area contributed by atoms with E-state index in [1.807, 2.05) is 17.9 Å². The number of halogens is 3. The SMILES string of the molecule is CC(Cl)C1CCN(C(=O)c2ccc(Br)c(Cl)c2)CC1. The maximum atomic E-state index is 12.4. The molecular weight excluding hydrogens is 349 g/mol. The summed E-state index contributed by atoms with van der Waals surface area (Å²) in [6.07, 6.45) is 1.95. The van der Waals surface area contributed by atoms with E-state index < -0.39 is 0 Å². The molecule has 19 heavy (non-hydrogen) atoms. The lowest BCUT2D eigenvalue weighted by molar-refractivity contribution is 0.0690. The van der Waals surface area contributed by atoms with Crippen LogP contribution in [0.5, 0.6) is 0 Å². The molecule has 0 spiro atoms. The van der Waals surface area contributed by atoms with Crippen LogP contribution in [0.1, 0.15) is 30.1 Å². The lowest BCUT2D eigenvalue weighted by Crippen LogP contribution is -2.40. The molecule has 1 amide bonds. The van der Waals surface area contributed by atoms with Crippen LogP contribution in [0.2, 0.25) is 5.02 Å². The topological polar surface area (TPSA) is 20.3 Å². The Labute approximate surface area is 132 Å². The quantitative estimate of drug-likeness (QED) is 0.703. The molecule has 1 aromatic rings. The maximum absolute atomic E-state index is 12.4. The number of alkyl halides is 1. The number of carbonyl (C=O) groups is 1. The fourth-order valence-electron chi connectivity index (χ4n) is 2.37. The molecule has 2 rings (SSSR count). The lowest BCUT2D eigenvalue weighted by atomic mass is 9.93. The van der Waals surface area contributed by atoms with Crippen LogP contribution >= 0.6 is 39.1 Å². The molecule has 1 saturated heterocycles. The first kappa shape index (κ1) is 15.1. The monoisotopic (exact) mass is 363 g/mol. The molecule has 5 heteroatoms. The average Bonchev–Trinajstić information content (AvgIpc) is 2.41. The van der Waals surface area contributed by atoms with Crippen molar-refractivity contribution >= 4 is 45.0 Å². The summed E-state index contributed by atoms with van der Waals surface area (Å²) in [5.41, 5.74) is 0.644. The Morgan fingerprint density at radius 1 is 1.42 bits per heavy atom. The normalized spacial score (nSPS) is 18.4. The highest BCUT2D eigenvalue weighted by atomic mass is 79.9. The van der Waals surface area contributed by atoms with Crippen molar-refractivity contribution < 1.29 is 4.79 Å². The van der Waals surface area contributed by atoms with E-state index in [1.165, 1.54) is 0 Å². The van der Waals surface area contributed by atoms with Gasteiger partial charge in [-0.05, 0) is 59.8 Å². The zero-order valence-electron chi connectivity index (χ0n) is 10.7. The molecule has 1 aliphatic rings. The minimum Gasteiger partial charge on any atom is -0.339 e. The lowest BCUT2D eigenvalue weighted by Gasteiger charge is -2.33. The Balaban J connectivity index is 2.03. The number of likely N-dealkylation sites (tertiary alicyclic amines) is 1. The van der Waals surface area contributed by atoms with E-state index in [2.05, 4.69) is 15.9 Å².